The number of furan rings is 1. The number of nitro benzene ring substituents is 1. The van der Waals surface area contributed by atoms with Gasteiger partial charge >= 0.3 is 0 Å². The topological polar surface area (TPSA) is 68.3 Å². The Morgan fingerprint density at radius 2 is 2.14 bits per heavy atom. The number of hydrogen-bond acceptors (Lipinski definition) is 4. The lowest BCUT2D eigenvalue weighted by Gasteiger charge is -2.21. The van der Waals surface area contributed by atoms with Gasteiger partial charge < -0.3 is 9.73 Å². The molecule has 1 N–H and O–H groups in total. The van der Waals surface area contributed by atoms with Crippen LogP contribution in [-0.4, -0.2) is 11.5 Å². The molecule has 0 amide bonds. The first kappa shape index (κ1) is 14.1. The molecule has 0 saturated carbocycles. The van der Waals surface area contributed by atoms with Gasteiger partial charge in [-0.05, 0) is 43.7 Å². The molecule has 1 fully saturated rings. The minimum absolute atomic E-state index is 0.0417. The van der Waals surface area contributed by atoms with Crippen molar-refractivity contribution in [1.82, 2.24) is 5.32 Å². The fourth-order valence-corrected chi connectivity index (χ4v) is 2.81. The number of halogens is 1. The van der Waals surface area contributed by atoms with Crippen molar-refractivity contribution in [2.24, 2.45) is 0 Å². The second-order valence-corrected chi connectivity index (χ2v) is 5.56. The maximum Gasteiger partial charge on any atom is 0.281 e. The van der Waals surface area contributed by atoms with E-state index in [1.54, 1.807) is 18.2 Å². The monoisotopic (exact) mass is 306 g/mol. The van der Waals surface area contributed by atoms with Gasteiger partial charge in [0.2, 0.25) is 0 Å². The van der Waals surface area contributed by atoms with E-state index in [0.717, 1.165) is 25.1 Å². The van der Waals surface area contributed by atoms with Crippen molar-refractivity contribution in [2.75, 3.05) is 6.54 Å². The second kappa shape index (κ2) is 5.87. The van der Waals surface area contributed by atoms with Crippen LogP contribution in [0.25, 0.3) is 11.3 Å². The van der Waals surface area contributed by atoms with Crippen LogP contribution < -0.4 is 5.32 Å². The van der Waals surface area contributed by atoms with Crippen LogP contribution in [0.3, 0.4) is 0 Å². The molecular formula is C15H15ClN2O3. The Balaban J connectivity index is 1.94. The Bertz CT molecular complexity index is 663. The lowest BCUT2D eigenvalue weighted by atomic mass is 10.0. The number of benzene rings is 1. The van der Waals surface area contributed by atoms with E-state index in [1.807, 2.05) is 6.07 Å². The molecule has 5 nitrogen and oxygen atoms in total. The van der Waals surface area contributed by atoms with Gasteiger partial charge in [-0.25, -0.2) is 0 Å². The van der Waals surface area contributed by atoms with Crippen LogP contribution in [-0.2, 0) is 0 Å². The smallest absolute Gasteiger partial charge is 0.281 e. The fraction of sp³-hybridized carbons (Fsp3) is 0.333. The maximum atomic E-state index is 11.1. The Labute approximate surface area is 127 Å². The summed E-state index contributed by atoms with van der Waals surface area (Å²) in [5, 5.41) is 14.9. The largest absolute Gasteiger partial charge is 0.459 e. The molecule has 1 atom stereocenters. The normalized spacial score (nSPS) is 18.6. The summed E-state index contributed by atoms with van der Waals surface area (Å²) in [6, 6.07) is 8.46. The first-order valence-corrected chi connectivity index (χ1v) is 7.30. The molecule has 1 aliphatic heterocycles. The molecule has 1 aliphatic rings. The van der Waals surface area contributed by atoms with Gasteiger partial charge in [-0.3, -0.25) is 10.1 Å². The third-order valence-electron chi connectivity index (χ3n) is 3.70. The summed E-state index contributed by atoms with van der Waals surface area (Å²) >= 11 is 5.83. The third kappa shape index (κ3) is 2.94. The third-order valence-corrected chi connectivity index (χ3v) is 3.94. The van der Waals surface area contributed by atoms with Crippen molar-refractivity contribution in [1.29, 1.82) is 0 Å². The highest BCUT2D eigenvalue weighted by Crippen LogP contribution is 2.35. The predicted octanol–water partition coefficient (Wildman–Crippen LogP) is 4.32. The molecule has 0 bridgehead atoms. The quantitative estimate of drug-likeness (QED) is 0.677. The van der Waals surface area contributed by atoms with Crippen molar-refractivity contribution >= 4 is 17.3 Å². The first-order valence-electron chi connectivity index (χ1n) is 6.92. The van der Waals surface area contributed by atoms with Gasteiger partial charge in [-0.2, -0.15) is 0 Å². The molecule has 1 saturated heterocycles. The van der Waals surface area contributed by atoms with Gasteiger partial charge in [0.25, 0.3) is 5.69 Å². The summed E-state index contributed by atoms with van der Waals surface area (Å²) in [5.74, 6) is 1.33. The van der Waals surface area contributed by atoms with Crippen LogP contribution in [0.5, 0.6) is 0 Å². The zero-order valence-corrected chi connectivity index (χ0v) is 12.1. The first-order chi connectivity index (χ1) is 10.1. The zero-order valence-electron chi connectivity index (χ0n) is 11.3. The molecule has 110 valence electrons. The van der Waals surface area contributed by atoms with E-state index in [-0.39, 0.29) is 11.7 Å². The van der Waals surface area contributed by atoms with Crippen LogP contribution in [0.1, 0.15) is 31.1 Å². The highest BCUT2D eigenvalue weighted by molar-refractivity contribution is 6.30. The maximum absolute atomic E-state index is 11.1. The lowest BCUT2D eigenvalue weighted by molar-refractivity contribution is -0.384. The summed E-state index contributed by atoms with van der Waals surface area (Å²) in [4.78, 5) is 10.7. The average molecular weight is 307 g/mol. The zero-order chi connectivity index (χ0) is 14.8. The number of nitrogens with one attached hydrogen (secondary N) is 1. The van der Waals surface area contributed by atoms with Gasteiger partial charge in [-0.15, -0.1) is 0 Å². The van der Waals surface area contributed by atoms with E-state index in [2.05, 4.69) is 5.32 Å². The predicted molar refractivity (Wildman–Crippen MR) is 80.4 cm³/mol. The molecule has 0 unspecified atom stereocenters. The molecule has 21 heavy (non-hydrogen) atoms. The molecule has 1 aromatic carbocycles. The average Bonchev–Trinajstić information content (AvgIpc) is 2.97. The summed E-state index contributed by atoms with van der Waals surface area (Å²) < 4.78 is 5.83. The van der Waals surface area contributed by atoms with Gasteiger partial charge in [0, 0.05) is 11.1 Å². The molecule has 0 spiro atoms. The molecule has 0 radical (unpaired) electrons. The van der Waals surface area contributed by atoms with E-state index in [1.165, 1.54) is 12.5 Å². The number of nitrogens with zero attached hydrogens (tertiary/aromatic N) is 1. The molecule has 2 aromatic rings. The molecule has 6 heteroatoms. The number of piperidine rings is 1. The minimum Gasteiger partial charge on any atom is -0.459 e. The molecular weight excluding hydrogens is 292 g/mol. The Hall–Kier alpha value is -1.85. The van der Waals surface area contributed by atoms with Gasteiger partial charge in [0.1, 0.15) is 11.5 Å². The van der Waals surface area contributed by atoms with E-state index in [9.17, 15) is 10.1 Å². The van der Waals surface area contributed by atoms with Crippen molar-refractivity contribution < 1.29 is 9.34 Å². The van der Waals surface area contributed by atoms with Crippen molar-refractivity contribution in [3.8, 4) is 11.3 Å². The van der Waals surface area contributed by atoms with E-state index in [4.69, 9.17) is 16.0 Å². The van der Waals surface area contributed by atoms with E-state index >= 15 is 0 Å². The van der Waals surface area contributed by atoms with Gasteiger partial charge in [0.15, 0.2) is 0 Å². The van der Waals surface area contributed by atoms with Crippen molar-refractivity contribution in [3.63, 3.8) is 0 Å². The van der Waals surface area contributed by atoms with Crippen LogP contribution >= 0.6 is 11.6 Å². The molecule has 3 rings (SSSR count). The minimum atomic E-state index is -0.442. The summed E-state index contributed by atoms with van der Waals surface area (Å²) in [7, 11) is 0. The van der Waals surface area contributed by atoms with Crippen LogP contribution in [0.4, 0.5) is 5.69 Å². The van der Waals surface area contributed by atoms with Crippen LogP contribution in [0.2, 0.25) is 5.02 Å². The Kier molecular flexibility index (Phi) is 3.94. The Morgan fingerprint density at radius 3 is 2.86 bits per heavy atom. The van der Waals surface area contributed by atoms with E-state index in [0.29, 0.717) is 16.3 Å². The number of nitro groups is 1. The summed E-state index contributed by atoms with van der Waals surface area (Å²) in [6.07, 6.45) is 3.36. The summed E-state index contributed by atoms with van der Waals surface area (Å²) in [6.45, 7) is 0.974. The molecule has 1 aromatic heterocycles. The SMILES string of the molecule is O=[N+]([O-])c1cc(Cl)ccc1-c1ccc([C@H]2CCCCN2)o1. The van der Waals surface area contributed by atoms with Gasteiger partial charge in [0.05, 0.1) is 16.5 Å². The summed E-state index contributed by atoms with van der Waals surface area (Å²) in [5.41, 5.74) is 0.409. The standard InChI is InChI=1S/C15H15ClN2O3/c16-10-4-5-11(13(9-10)18(19)20)14-6-7-15(21-14)12-3-1-2-8-17-12/h4-7,9,12,17H,1-3,8H2/t12-/m1/s1. The van der Waals surface area contributed by atoms with Crippen molar-refractivity contribution in [3.05, 3.63) is 51.2 Å². The lowest BCUT2D eigenvalue weighted by Crippen LogP contribution is -2.26. The highest BCUT2D eigenvalue weighted by atomic mass is 35.5. The molecule has 0 aliphatic carbocycles. The molecule has 2 heterocycles. The second-order valence-electron chi connectivity index (χ2n) is 5.12. The van der Waals surface area contributed by atoms with Gasteiger partial charge in [-0.1, -0.05) is 18.0 Å². The fourth-order valence-electron chi connectivity index (χ4n) is 2.64. The highest BCUT2D eigenvalue weighted by Gasteiger charge is 2.22. The number of rotatable bonds is 3. The van der Waals surface area contributed by atoms with E-state index < -0.39 is 4.92 Å². The van der Waals surface area contributed by atoms with Crippen molar-refractivity contribution in [2.45, 2.75) is 25.3 Å². The Morgan fingerprint density at radius 1 is 1.29 bits per heavy atom. The number of hydrogen-bond donors (Lipinski definition) is 1. The van der Waals surface area contributed by atoms with Crippen LogP contribution in [0, 0.1) is 10.1 Å². The van der Waals surface area contributed by atoms with Crippen LogP contribution in [0.15, 0.2) is 34.7 Å².